The topological polar surface area (TPSA) is 52.1 Å². The van der Waals surface area contributed by atoms with Gasteiger partial charge in [0.2, 0.25) is 0 Å². The Hall–Kier alpha value is -1.63. The van der Waals surface area contributed by atoms with Crippen molar-refractivity contribution in [3.63, 3.8) is 0 Å². The standard InChI is InChI=1S/C18H17ClN2O2S2/c1-10(2)23-17(22)14-11(3)13-15(19)20-18(21-16(13)25-14)24-9-12-7-5-4-6-8-12/h4-8,10H,9H2,1-3H3. The molecule has 130 valence electrons. The van der Waals surface area contributed by atoms with Crippen molar-refractivity contribution in [1.82, 2.24) is 9.97 Å². The second kappa shape index (κ2) is 7.72. The van der Waals surface area contributed by atoms with Crippen LogP contribution in [0.2, 0.25) is 5.15 Å². The highest BCUT2D eigenvalue weighted by molar-refractivity contribution is 7.98. The Bertz CT molecular complexity index is 910. The second-order valence-electron chi connectivity index (χ2n) is 5.76. The molecule has 0 aliphatic carbocycles. The average molecular weight is 393 g/mol. The van der Waals surface area contributed by atoms with E-state index in [1.807, 2.05) is 39.0 Å². The van der Waals surface area contributed by atoms with Crippen molar-refractivity contribution in [2.45, 2.75) is 37.8 Å². The fourth-order valence-corrected chi connectivity index (χ4v) is 4.66. The van der Waals surface area contributed by atoms with E-state index in [0.29, 0.717) is 20.0 Å². The van der Waals surface area contributed by atoms with Crippen molar-refractivity contribution in [2.24, 2.45) is 0 Å². The number of hydrogen-bond donors (Lipinski definition) is 0. The lowest BCUT2D eigenvalue weighted by atomic mass is 10.2. The van der Waals surface area contributed by atoms with Crippen LogP contribution in [0.1, 0.15) is 34.6 Å². The number of carbonyl (C=O) groups is 1. The molecule has 0 atom stereocenters. The van der Waals surface area contributed by atoms with Gasteiger partial charge in [0, 0.05) is 5.75 Å². The Balaban J connectivity index is 1.89. The van der Waals surface area contributed by atoms with E-state index in [1.165, 1.54) is 28.7 Å². The minimum atomic E-state index is -0.343. The van der Waals surface area contributed by atoms with Crippen LogP contribution in [-0.2, 0) is 10.5 Å². The van der Waals surface area contributed by atoms with Gasteiger partial charge in [-0.25, -0.2) is 14.8 Å². The lowest BCUT2D eigenvalue weighted by Crippen LogP contribution is -2.11. The molecule has 0 N–H and O–H groups in total. The Morgan fingerprint density at radius 3 is 2.68 bits per heavy atom. The Morgan fingerprint density at radius 2 is 2.00 bits per heavy atom. The minimum absolute atomic E-state index is 0.171. The highest BCUT2D eigenvalue weighted by Gasteiger charge is 2.21. The SMILES string of the molecule is Cc1c(C(=O)OC(C)C)sc2nc(SCc3ccccc3)nc(Cl)c12. The lowest BCUT2D eigenvalue weighted by Gasteiger charge is -2.06. The zero-order chi connectivity index (χ0) is 18.0. The van der Waals surface area contributed by atoms with Gasteiger partial charge >= 0.3 is 5.97 Å². The summed E-state index contributed by atoms with van der Waals surface area (Å²) in [4.78, 5) is 22.4. The van der Waals surface area contributed by atoms with E-state index in [0.717, 1.165) is 16.7 Å². The van der Waals surface area contributed by atoms with Crippen LogP contribution in [0.25, 0.3) is 10.2 Å². The fourth-order valence-electron chi connectivity index (χ4n) is 2.32. The fraction of sp³-hybridized carbons (Fsp3) is 0.278. The summed E-state index contributed by atoms with van der Waals surface area (Å²) in [5.41, 5.74) is 1.96. The van der Waals surface area contributed by atoms with Crippen LogP contribution in [0.3, 0.4) is 0 Å². The van der Waals surface area contributed by atoms with Gasteiger partial charge in [-0.2, -0.15) is 0 Å². The van der Waals surface area contributed by atoms with Gasteiger partial charge in [-0.3, -0.25) is 0 Å². The summed E-state index contributed by atoms with van der Waals surface area (Å²) in [5, 5.41) is 1.70. The number of carbonyl (C=O) groups excluding carboxylic acids is 1. The first kappa shape index (κ1) is 18.2. The molecule has 1 aromatic carbocycles. The molecule has 0 bridgehead atoms. The van der Waals surface area contributed by atoms with Crippen LogP contribution >= 0.6 is 34.7 Å². The zero-order valence-corrected chi connectivity index (χ0v) is 16.5. The molecule has 0 aliphatic rings. The number of esters is 1. The average Bonchev–Trinajstić information content (AvgIpc) is 2.91. The number of fused-ring (bicyclic) bond motifs is 1. The van der Waals surface area contributed by atoms with E-state index >= 15 is 0 Å². The predicted octanol–water partition coefficient (Wildman–Crippen LogP) is 5.51. The van der Waals surface area contributed by atoms with Gasteiger partial charge in [-0.05, 0) is 31.9 Å². The molecule has 25 heavy (non-hydrogen) atoms. The molecule has 0 amide bonds. The van der Waals surface area contributed by atoms with Crippen LogP contribution in [0.4, 0.5) is 0 Å². The molecular weight excluding hydrogens is 376 g/mol. The number of thiophene rings is 1. The normalized spacial score (nSPS) is 11.2. The summed E-state index contributed by atoms with van der Waals surface area (Å²) < 4.78 is 5.30. The number of halogens is 1. The Morgan fingerprint density at radius 1 is 1.28 bits per heavy atom. The molecule has 0 saturated carbocycles. The van der Waals surface area contributed by atoms with Gasteiger partial charge in [0.15, 0.2) is 5.16 Å². The first-order valence-electron chi connectivity index (χ1n) is 7.80. The molecule has 7 heteroatoms. The van der Waals surface area contributed by atoms with Crippen molar-refractivity contribution in [3.05, 3.63) is 51.5 Å². The van der Waals surface area contributed by atoms with Crippen LogP contribution in [-0.4, -0.2) is 22.0 Å². The third-order valence-corrected chi connectivity index (χ3v) is 5.82. The number of thioether (sulfide) groups is 1. The lowest BCUT2D eigenvalue weighted by molar-refractivity contribution is 0.0383. The van der Waals surface area contributed by atoms with Crippen LogP contribution in [0.5, 0.6) is 0 Å². The Kier molecular flexibility index (Phi) is 5.61. The number of rotatable bonds is 5. The van der Waals surface area contributed by atoms with Gasteiger partial charge in [0.25, 0.3) is 0 Å². The predicted molar refractivity (Wildman–Crippen MR) is 104 cm³/mol. The zero-order valence-electron chi connectivity index (χ0n) is 14.1. The van der Waals surface area contributed by atoms with Gasteiger partial charge < -0.3 is 4.74 Å². The van der Waals surface area contributed by atoms with E-state index in [2.05, 4.69) is 22.1 Å². The van der Waals surface area contributed by atoms with Crippen LogP contribution < -0.4 is 0 Å². The van der Waals surface area contributed by atoms with Crippen molar-refractivity contribution in [3.8, 4) is 0 Å². The summed E-state index contributed by atoms with van der Waals surface area (Å²) in [6.45, 7) is 5.50. The molecule has 3 aromatic rings. The molecular formula is C18H17ClN2O2S2. The molecule has 0 spiro atoms. The van der Waals surface area contributed by atoms with E-state index < -0.39 is 0 Å². The highest BCUT2D eigenvalue weighted by Crippen LogP contribution is 2.36. The monoisotopic (exact) mass is 392 g/mol. The van der Waals surface area contributed by atoms with Crippen molar-refractivity contribution >= 4 is 50.9 Å². The van der Waals surface area contributed by atoms with E-state index in [-0.39, 0.29) is 12.1 Å². The first-order chi connectivity index (χ1) is 12.0. The number of hydrogen-bond acceptors (Lipinski definition) is 6. The summed E-state index contributed by atoms with van der Waals surface area (Å²) in [6.07, 6.45) is -0.171. The minimum Gasteiger partial charge on any atom is -0.459 e. The molecule has 2 aromatic heterocycles. The number of aryl methyl sites for hydroxylation is 1. The summed E-state index contributed by atoms with van der Waals surface area (Å²) in [7, 11) is 0. The molecule has 3 rings (SSSR count). The number of benzene rings is 1. The number of ether oxygens (including phenoxy) is 1. The molecule has 0 radical (unpaired) electrons. The maximum Gasteiger partial charge on any atom is 0.348 e. The third kappa shape index (κ3) is 4.14. The first-order valence-corrected chi connectivity index (χ1v) is 9.98. The molecule has 0 saturated heterocycles. The van der Waals surface area contributed by atoms with Crippen LogP contribution in [0.15, 0.2) is 35.5 Å². The number of nitrogens with zero attached hydrogens (tertiary/aromatic N) is 2. The second-order valence-corrected chi connectivity index (χ2v) is 8.06. The molecule has 0 unspecified atom stereocenters. The third-order valence-electron chi connectivity index (χ3n) is 3.46. The van der Waals surface area contributed by atoms with Gasteiger partial charge in [0.05, 0.1) is 11.5 Å². The summed E-state index contributed by atoms with van der Waals surface area (Å²) in [6, 6.07) is 10.1. The van der Waals surface area contributed by atoms with Gasteiger partial charge in [-0.1, -0.05) is 53.7 Å². The molecule has 0 aliphatic heterocycles. The molecule has 4 nitrogen and oxygen atoms in total. The van der Waals surface area contributed by atoms with E-state index in [1.54, 1.807) is 0 Å². The van der Waals surface area contributed by atoms with E-state index in [4.69, 9.17) is 16.3 Å². The van der Waals surface area contributed by atoms with Crippen LogP contribution in [0, 0.1) is 6.92 Å². The van der Waals surface area contributed by atoms with Crippen molar-refractivity contribution < 1.29 is 9.53 Å². The summed E-state index contributed by atoms with van der Waals surface area (Å²) in [5.74, 6) is 0.417. The van der Waals surface area contributed by atoms with Gasteiger partial charge in [0.1, 0.15) is 14.9 Å². The smallest absolute Gasteiger partial charge is 0.348 e. The largest absolute Gasteiger partial charge is 0.459 e. The quantitative estimate of drug-likeness (QED) is 0.248. The maximum atomic E-state index is 12.2. The number of aromatic nitrogens is 2. The van der Waals surface area contributed by atoms with E-state index in [9.17, 15) is 4.79 Å². The molecule has 2 heterocycles. The highest BCUT2D eigenvalue weighted by atomic mass is 35.5. The van der Waals surface area contributed by atoms with Crippen molar-refractivity contribution in [2.75, 3.05) is 0 Å². The van der Waals surface area contributed by atoms with Crippen molar-refractivity contribution in [1.29, 1.82) is 0 Å². The van der Waals surface area contributed by atoms with Gasteiger partial charge in [-0.15, -0.1) is 11.3 Å². The molecule has 0 fully saturated rings. The maximum absolute atomic E-state index is 12.2. The summed E-state index contributed by atoms with van der Waals surface area (Å²) >= 11 is 9.18. The Labute approximate surface area is 159 Å².